The minimum Gasteiger partial charge on any atom is -0.353 e. The van der Waals surface area contributed by atoms with E-state index >= 15 is 0 Å². The van der Waals surface area contributed by atoms with Crippen LogP contribution in [0.15, 0.2) is 12.2 Å². The molecule has 0 saturated carbocycles. The molecule has 0 heterocycles. The van der Waals surface area contributed by atoms with Gasteiger partial charge in [0.1, 0.15) is 6.54 Å². The zero-order valence-electron chi connectivity index (χ0n) is 12.5. The van der Waals surface area contributed by atoms with Gasteiger partial charge in [-0.2, -0.15) is 0 Å². The van der Waals surface area contributed by atoms with Crippen LogP contribution in [0, 0.1) is 0 Å². The Morgan fingerprint density at radius 3 is 2.58 bits per heavy atom. The van der Waals surface area contributed by atoms with E-state index in [1.54, 1.807) is 13.0 Å². The van der Waals surface area contributed by atoms with Gasteiger partial charge in [0.25, 0.3) is 0 Å². The molecule has 110 valence electrons. The van der Waals surface area contributed by atoms with Crippen LogP contribution in [0.5, 0.6) is 0 Å². The second-order valence-corrected chi connectivity index (χ2v) is 6.77. The van der Waals surface area contributed by atoms with Crippen LogP contribution in [-0.2, 0) is 13.9 Å². The molecule has 0 bridgehead atoms. The summed E-state index contributed by atoms with van der Waals surface area (Å²) >= 11 is 0. The fourth-order valence-electron chi connectivity index (χ4n) is 1.27. The summed E-state index contributed by atoms with van der Waals surface area (Å²) in [5, 5.41) is 2.76. The van der Waals surface area contributed by atoms with E-state index in [4.69, 9.17) is 4.52 Å². The Morgan fingerprint density at radius 1 is 1.32 bits per heavy atom. The highest BCUT2D eigenvalue weighted by atomic mass is 31.1. The highest BCUT2D eigenvalue weighted by Crippen LogP contribution is 2.23. The van der Waals surface area contributed by atoms with Gasteiger partial charge >= 0.3 is 8.03 Å². The second-order valence-electron chi connectivity index (χ2n) is 5.40. The van der Waals surface area contributed by atoms with Crippen LogP contribution >= 0.6 is 8.03 Å². The highest BCUT2D eigenvalue weighted by molar-refractivity contribution is 7.39. The molecule has 0 aromatic rings. The molecular weight excluding hydrogens is 263 g/mol. The first-order valence-corrected chi connectivity index (χ1v) is 8.00. The number of carbonyl (C=O) groups is 1. The first kappa shape index (κ1) is 18.2. The molecule has 0 aliphatic carbocycles. The quantitative estimate of drug-likeness (QED) is 0.289. The molecule has 0 spiro atoms. The van der Waals surface area contributed by atoms with E-state index in [9.17, 15) is 9.36 Å². The van der Waals surface area contributed by atoms with Crippen LogP contribution in [0.3, 0.4) is 0 Å². The van der Waals surface area contributed by atoms with Gasteiger partial charge < -0.3 is 9.80 Å². The standard InChI is InChI=1S/C13H26N2O3P/c1-5-8-13(16)14-9-6-7-12-19(17)18-11-10-15(2,3)4/h5,8H,6-7,9-12H2,1-4H3/q+1/p+1. The van der Waals surface area contributed by atoms with Crippen LogP contribution in [0.25, 0.3) is 0 Å². The molecule has 1 unspecified atom stereocenters. The van der Waals surface area contributed by atoms with E-state index in [-0.39, 0.29) is 5.91 Å². The van der Waals surface area contributed by atoms with Crippen LogP contribution in [0.4, 0.5) is 0 Å². The van der Waals surface area contributed by atoms with Crippen molar-refractivity contribution in [1.82, 2.24) is 5.32 Å². The molecule has 19 heavy (non-hydrogen) atoms. The third kappa shape index (κ3) is 13.5. The van der Waals surface area contributed by atoms with Crippen LogP contribution in [-0.4, -0.2) is 57.4 Å². The van der Waals surface area contributed by atoms with Crippen molar-refractivity contribution in [2.75, 3.05) is 47.0 Å². The van der Waals surface area contributed by atoms with Gasteiger partial charge in [-0.05, 0) is 30.4 Å². The van der Waals surface area contributed by atoms with Crippen molar-refractivity contribution in [3.63, 3.8) is 0 Å². The minimum absolute atomic E-state index is 0.0777. The Hall–Kier alpha value is -0.770. The lowest BCUT2D eigenvalue weighted by atomic mass is 10.3. The summed E-state index contributed by atoms with van der Waals surface area (Å²) in [6.45, 7) is 3.79. The number of likely N-dealkylation sites (N-methyl/N-ethyl adjacent to an activating group) is 1. The number of nitrogens with one attached hydrogen (secondary N) is 1. The molecule has 0 aliphatic heterocycles. The number of amides is 1. The molecule has 0 radical (unpaired) electrons. The minimum atomic E-state index is -1.56. The van der Waals surface area contributed by atoms with E-state index in [1.807, 2.05) is 0 Å². The number of allylic oxidation sites excluding steroid dienone is 1. The van der Waals surface area contributed by atoms with Gasteiger partial charge in [-0.3, -0.25) is 4.79 Å². The predicted molar refractivity (Wildman–Crippen MR) is 78.4 cm³/mol. The summed E-state index contributed by atoms with van der Waals surface area (Å²) in [5.41, 5.74) is 0. The maximum absolute atomic E-state index is 11.5. The monoisotopic (exact) mass is 290 g/mol. The third-order valence-corrected chi connectivity index (χ3v) is 3.53. The SMILES string of the molecule is CC=CC(=O)NCCCC[P+](=O)OCC[N+](C)(C)C. The summed E-state index contributed by atoms with van der Waals surface area (Å²) in [4.78, 5) is 11.1. The van der Waals surface area contributed by atoms with Crippen molar-refractivity contribution >= 4 is 13.9 Å². The number of nitrogens with zero attached hydrogens (tertiary/aromatic N) is 1. The fraction of sp³-hybridized carbons (Fsp3) is 0.769. The summed E-state index contributed by atoms with van der Waals surface area (Å²) < 4.78 is 17.6. The first-order chi connectivity index (χ1) is 8.85. The van der Waals surface area contributed by atoms with E-state index in [0.29, 0.717) is 19.3 Å². The molecule has 6 heteroatoms. The van der Waals surface area contributed by atoms with Crippen molar-refractivity contribution < 1.29 is 18.4 Å². The topological polar surface area (TPSA) is 55.4 Å². The Morgan fingerprint density at radius 2 is 2.00 bits per heavy atom. The van der Waals surface area contributed by atoms with Gasteiger partial charge in [-0.15, -0.1) is 4.52 Å². The van der Waals surface area contributed by atoms with Crippen molar-refractivity contribution in [3.05, 3.63) is 12.2 Å². The van der Waals surface area contributed by atoms with Crippen LogP contribution < -0.4 is 5.32 Å². The predicted octanol–water partition coefficient (Wildman–Crippen LogP) is 1.92. The van der Waals surface area contributed by atoms with Gasteiger partial charge in [0, 0.05) is 6.54 Å². The molecule has 0 fully saturated rings. The summed E-state index contributed by atoms with van der Waals surface area (Å²) in [5.74, 6) is -0.0777. The molecule has 1 atom stereocenters. The van der Waals surface area contributed by atoms with E-state index < -0.39 is 8.03 Å². The summed E-state index contributed by atoms with van der Waals surface area (Å²) in [6, 6.07) is 0. The highest BCUT2D eigenvalue weighted by Gasteiger charge is 2.18. The van der Waals surface area contributed by atoms with Gasteiger partial charge in [0.15, 0.2) is 12.8 Å². The Labute approximate surface area is 117 Å². The van der Waals surface area contributed by atoms with Crippen molar-refractivity contribution in [3.8, 4) is 0 Å². The molecule has 0 aliphatic rings. The molecule has 0 aromatic heterocycles. The Balaban J connectivity index is 3.46. The average Bonchev–Trinajstić information content (AvgIpc) is 2.27. The van der Waals surface area contributed by atoms with Gasteiger partial charge in [-0.25, -0.2) is 0 Å². The van der Waals surface area contributed by atoms with Crippen molar-refractivity contribution in [2.24, 2.45) is 0 Å². The van der Waals surface area contributed by atoms with Gasteiger partial charge in [0.05, 0.1) is 21.1 Å². The molecule has 5 nitrogen and oxygen atoms in total. The third-order valence-electron chi connectivity index (χ3n) is 2.38. The molecule has 1 amide bonds. The maximum Gasteiger partial charge on any atom is 0.508 e. The fourth-order valence-corrected chi connectivity index (χ4v) is 2.17. The van der Waals surface area contributed by atoms with Crippen molar-refractivity contribution in [2.45, 2.75) is 19.8 Å². The van der Waals surface area contributed by atoms with E-state index in [0.717, 1.165) is 23.9 Å². The van der Waals surface area contributed by atoms with E-state index in [2.05, 4.69) is 26.5 Å². The number of quaternary nitrogens is 1. The molecule has 0 saturated heterocycles. The van der Waals surface area contributed by atoms with Crippen LogP contribution in [0.1, 0.15) is 19.8 Å². The number of hydrogen-bond donors (Lipinski definition) is 1. The molecule has 0 aromatic carbocycles. The zero-order chi connectivity index (χ0) is 14.7. The van der Waals surface area contributed by atoms with Gasteiger partial charge in [-0.1, -0.05) is 6.08 Å². The molecule has 1 N–H and O–H groups in total. The smallest absolute Gasteiger partial charge is 0.353 e. The number of rotatable bonds is 10. The average molecular weight is 290 g/mol. The van der Waals surface area contributed by atoms with Crippen LogP contribution in [0.2, 0.25) is 0 Å². The lowest BCUT2D eigenvalue weighted by Crippen LogP contribution is -2.37. The lowest BCUT2D eigenvalue weighted by Gasteiger charge is -2.21. The summed E-state index contributed by atoms with van der Waals surface area (Å²) in [6.07, 6.45) is 5.38. The molecular formula is C13H27N2O3P+2. The largest absolute Gasteiger partial charge is 0.508 e. The normalized spacial score (nSPS) is 12.7. The number of carbonyl (C=O) groups excluding carboxylic acids is 1. The first-order valence-electron chi connectivity index (χ1n) is 6.63. The van der Waals surface area contributed by atoms with Crippen molar-refractivity contribution in [1.29, 1.82) is 0 Å². The Kier molecular flexibility index (Phi) is 9.66. The number of hydrogen-bond acceptors (Lipinski definition) is 3. The maximum atomic E-state index is 11.5. The van der Waals surface area contributed by atoms with Gasteiger partial charge in [0.2, 0.25) is 5.91 Å². The Bertz CT molecular complexity index is 312. The lowest BCUT2D eigenvalue weighted by molar-refractivity contribution is -0.870. The van der Waals surface area contributed by atoms with E-state index in [1.165, 1.54) is 6.08 Å². The second kappa shape index (κ2) is 10.1. The summed E-state index contributed by atoms with van der Waals surface area (Å²) in [7, 11) is 4.66. The number of unbranched alkanes of at least 4 members (excludes halogenated alkanes) is 1. The zero-order valence-corrected chi connectivity index (χ0v) is 13.4. The molecule has 0 rings (SSSR count).